The van der Waals surface area contributed by atoms with Gasteiger partial charge in [0, 0.05) is 5.56 Å². The van der Waals surface area contributed by atoms with Gasteiger partial charge < -0.3 is 13.6 Å². The molecule has 0 aliphatic carbocycles. The van der Waals surface area contributed by atoms with Crippen LogP contribution in [0.3, 0.4) is 0 Å². The van der Waals surface area contributed by atoms with E-state index in [2.05, 4.69) is 20.5 Å². The van der Waals surface area contributed by atoms with E-state index in [-0.39, 0.29) is 23.7 Å². The van der Waals surface area contributed by atoms with Crippen LogP contribution in [0.1, 0.15) is 0 Å². The van der Waals surface area contributed by atoms with Crippen molar-refractivity contribution >= 4 is 23.1 Å². The summed E-state index contributed by atoms with van der Waals surface area (Å²) in [6.07, 6.45) is 0. The summed E-state index contributed by atoms with van der Waals surface area (Å²) in [4.78, 5) is 4.29. The first-order chi connectivity index (χ1) is 11.7. The Morgan fingerprint density at radius 1 is 1.00 bits per heavy atom. The first-order valence-electron chi connectivity index (χ1n) is 7.03. The number of benzene rings is 2. The summed E-state index contributed by atoms with van der Waals surface area (Å²) in [6, 6.07) is 11.4. The topological polar surface area (TPSA) is 86.2 Å². The molecule has 0 aliphatic heterocycles. The van der Waals surface area contributed by atoms with E-state index in [1.165, 1.54) is 12.1 Å². The van der Waals surface area contributed by atoms with E-state index < -0.39 is 0 Å². The fraction of sp³-hybridized carbons (Fsp3) is 0.0625. The van der Waals surface area contributed by atoms with Crippen molar-refractivity contribution in [1.29, 1.82) is 0 Å². The van der Waals surface area contributed by atoms with Gasteiger partial charge in [0.05, 0.1) is 7.11 Å². The average molecular weight is 326 g/mol. The molecule has 2 aromatic heterocycles. The van der Waals surface area contributed by atoms with E-state index in [4.69, 9.17) is 13.6 Å². The molecule has 0 unspecified atom stereocenters. The molecule has 7 nitrogen and oxygen atoms in total. The Hall–Kier alpha value is -3.42. The highest BCUT2D eigenvalue weighted by Gasteiger charge is 2.14. The van der Waals surface area contributed by atoms with Crippen LogP contribution in [0.4, 0.5) is 16.4 Å². The summed E-state index contributed by atoms with van der Waals surface area (Å²) in [5, 5.41) is 10.6. The molecule has 120 valence electrons. The molecule has 0 amide bonds. The third-order valence-electron chi connectivity index (χ3n) is 3.33. The second-order valence-corrected chi connectivity index (χ2v) is 4.87. The van der Waals surface area contributed by atoms with Crippen LogP contribution in [0.2, 0.25) is 0 Å². The molecule has 2 aromatic carbocycles. The minimum atomic E-state index is -0.336. The lowest BCUT2D eigenvalue weighted by atomic mass is 10.2. The van der Waals surface area contributed by atoms with Crippen LogP contribution in [-0.2, 0) is 0 Å². The Kier molecular flexibility index (Phi) is 3.34. The lowest BCUT2D eigenvalue weighted by Gasteiger charge is -1.96. The Labute approximate surface area is 135 Å². The molecule has 2 heterocycles. The molecular formula is C16H11FN4O3. The Bertz CT molecular complexity index is 994. The highest BCUT2D eigenvalue weighted by molar-refractivity contribution is 5.81. The van der Waals surface area contributed by atoms with Gasteiger partial charge in [0.1, 0.15) is 11.6 Å². The quantitative estimate of drug-likeness (QED) is 0.611. The van der Waals surface area contributed by atoms with Crippen molar-refractivity contribution in [1.82, 2.24) is 15.2 Å². The molecule has 0 saturated heterocycles. The number of fused-ring (bicyclic) bond motifs is 1. The number of rotatable bonds is 4. The fourth-order valence-corrected chi connectivity index (χ4v) is 2.22. The summed E-state index contributed by atoms with van der Waals surface area (Å²) in [6.45, 7) is 0. The smallest absolute Gasteiger partial charge is 0.323 e. The molecule has 0 bridgehead atoms. The van der Waals surface area contributed by atoms with E-state index in [9.17, 15) is 4.39 Å². The molecular weight excluding hydrogens is 315 g/mol. The zero-order valence-electron chi connectivity index (χ0n) is 12.5. The molecule has 8 heteroatoms. The first kappa shape index (κ1) is 14.2. The molecule has 1 N–H and O–H groups in total. The molecule has 0 spiro atoms. The molecule has 0 aliphatic rings. The van der Waals surface area contributed by atoms with Gasteiger partial charge >= 0.3 is 12.0 Å². The molecule has 24 heavy (non-hydrogen) atoms. The zero-order valence-corrected chi connectivity index (χ0v) is 12.5. The lowest BCUT2D eigenvalue weighted by molar-refractivity contribution is 0.419. The van der Waals surface area contributed by atoms with Crippen LogP contribution >= 0.6 is 0 Å². The van der Waals surface area contributed by atoms with E-state index in [1.807, 2.05) is 0 Å². The molecule has 0 atom stereocenters. The number of ether oxygens (including phenoxy) is 1. The van der Waals surface area contributed by atoms with Gasteiger partial charge in [-0.2, -0.15) is 4.98 Å². The van der Waals surface area contributed by atoms with Gasteiger partial charge in [0.25, 0.3) is 0 Å². The Balaban J connectivity index is 1.61. The number of aromatic nitrogens is 3. The average Bonchev–Trinajstić information content (AvgIpc) is 3.22. The van der Waals surface area contributed by atoms with E-state index >= 15 is 0 Å². The van der Waals surface area contributed by atoms with E-state index in [1.54, 1.807) is 37.4 Å². The molecule has 0 fully saturated rings. The number of nitrogens with zero attached hydrogens (tertiary/aromatic N) is 3. The monoisotopic (exact) mass is 326 g/mol. The number of hydrogen-bond acceptors (Lipinski definition) is 7. The number of oxazole rings is 1. The summed E-state index contributed by atoms with van der Waals surface area (Å²) in [5.74, 6) is 0.519. The van der Waals surface area contributed by atoms with E-state index in [0.717, 1.165) is 0 Å². The highest BCUT2D eigenvalue weighted by Crippen LogP contribution is 2.29. The summed E-state index contributed by atoms with van der Waals surface area (Å²) >= 11 is 0. The summed E-state index contributed by atoms with van der Waals surface area (Å²) in [5.41, 5.74) is 1.76. The maximum atomic E-state index is 12.9. The number of methoxy groups -OCH3 is 1. The van der Waals surface area contributed by atoms with Gasteiger partial charge in [-0.15, -0.1) is 5.10 Å². The Morgan fingerprint density at radius 3 is 2.62 bits per heavy atom. The van der Waals surface area contributed by atoms with Gasteiger partial charge in [-0.25, -0.2) is 4.39 Å². The number of anilines is 2. The van der Waals surface area contributed by atoms with Crippen LogP contribution in [0, 0.1) is 5.82 Å². The van der Waals surface area contributed by atoms with E-state index in [0.29, 0.717) is 22.4 Å². The molecule has 0 radical (unpaired) electrons. The lowest BCUT2D eigenvalue weighted by Crippen LogP contribution is -1.90. The maximum Gasteiger partial charge on any atom is 0.323 e. The second-order valence-electron chi connectivity index (χ2n) is 4.87. The number of halogens is 1. The van der Waals surface area contributed by atoms with Crippen LogP contribution < -0.4 is 10.1 Å². The van der Waals surface area contributed by atoms with Crippen molar-refractivity contribution in [2.45, 2.75) is 0 Å². The number of hydrogen-bond donors (Lipinski definition) is 1. The minimum absolute atomic E-state index is 0.111. The van der Waals surface area contributed by atoms with Gasteiger partial charge in [-0.3, -0.25) is 5.32 Å². The zero-order chi connectivity index (χ0) is 16.5. The van der Waals surface area contributed by atoms with Gasteiger partial charge in [-0.05, 0) is 36.4 Å². The molecule has 4 rings (SSSR count). The third kappa shape index (κ3) is 2.54. The van der Waals surface area contributed by atoms with Crippen molar-refractivity contribution in [3.05, 3.63) is 48.3 Å². The molecule has 0 saturated carbocycles. The molecule has 4 aromatic rings. The largest absolute Gasteiger partial charge is 0.494 e. The summed E-state index contributed by atoms with van der Waals surface area (Å²) in [7, 11) is 1.56. The summed E-state index contributed by atoms with van der Waals surface area (Å²) < 4.78 is 29.2. The van der Waals surface area contributed by atoms with Gasteiger partial charge in [-0.1, -0.05) is 11.2 Å². The maximum absolute atomic E-state index is 12.9. The SMILES string of the molecule is COc1cccc2oc(Nc3nnc(-c4ccc(F)cc4)o3)nc12. The van der Waals surface area contributed by atoms with Crippen LogP contribution in [0.25, 0.3) is 22.6 Å². The number of para-hydroxylation sites is 1. The second kappa shape index (κ2) is 5.65. The normalized spacial score (nSPS) is 10.9. The fourth-order valence-electron chi connectivity index (χ4n) is 2.22. The van der Waals surface area contributed by atoms with Crippen LogP contribution in [0.15, 0.2) is 51.3 Å². The first-order valence-corrected chi connectivity index (χ1v) is 7.03. The standard InChI is InChI=1S/C16H11FN4O3/c1-22-11-3-2-4-12-13(11)18-15(23-12)19-16-21-20-14(24-16)9-5-7-10(17)8-6-9/h2-8H,1H3,(H,18,19,21). The van der Waals surface area contributed by atoms with Crippen molar-refractivity contribution in [3.63, 3.8) is 0 Å². The number of nitrogens with one attached hydrogen (secondary N) is 1. The Morgan fingerprint density at radius 2 is 1.83 bits per heavy atom. The minimum Gasteiger partial charge on any atom is -0.494 e. The third-order valence-corrected chi connectivity index (χ3v) is 3.33. The predicted molar refractivity (Wildman–Crippen MR) is 83.5 cm³/mol. The van der Waals surface area contributed by atoms with Crippen LogP contribution in [-0.4, -0.2) is 22.3 Å². The van der Waals surface area contributed by atoms with Gasteiger partial charge in [0.2, 0.25) is 5.89 Å². The predicted octanol–water partition coefficient (Wildman–Crippen LogP) is 3.77. The van der Waals surface area contributed by atoms with Crippen molar-refractivity contribution in [2.24, 2.45) is 0 Å². The van der Waals surface area contributed by atoms with Crippen LogP contribution in [0.5, 0.6) is 5.75 Å². The van der Waals surface area contributed by atoms with Crippen molar-refractivity contribution in [3.8, 4) is 17.2 Å². The van der Waals surface area contributed by atoms with Crippen molar-refractivity contribution in [2.75, 3.05) is 12.4 Å². The van der Waals surface area contributed by atoms with Crippen molar-refractivity contribution < 1.29 is 18.0 Å². The highest BCUT2D eigenvalue weighted by atomic mass is 19.1. The van der Waals surface area contributed by atoms with Gasteiger partial charge in [0.15, 0.2) is 11.1 Å².